The van der Waals surface area contributed by atoms with Gasteiger partial charge in [0.25, 0.3) is 5.91 Å². The quantitative estimate of drug-likeness (QED) is 0.390. The van der Waals surface area contributed by atoms with Gasteiger partial charge in [0, 0.05) is 24.0 Å². The normalized spacial score (nSPS) is 22.4. The number of ether oxygens (including phenoxy) is 1. The number of rotatable bonds is 7. The Labute approximate surface area is 153 Å². The minimum atomic E-state index is -3.54. The van der Waals surface area contributed by atoms with Gasteiger partial charge in [-0.1, -0.05) is 6.92 Å². The van der Waals surface area contributed by atoms with Gasteiger partial charge in [-0.05, 0) is 0 Å². The molecule has 2 aliphatic heterocycles. The molecule has 0 aliphatic carbocycles. The molecule has 0 bridgehead atoms. The zero-order chi connectivity index (χ0) is 19.6. The topological polar surface area (TPSA) is 147 Å². The van der Waals surface area contributed by atoms with Crippen LogP contribution in [0.4, 0.5) is 0 Å². The second kappa shape index (κ2) is 7.66. The number of hydrogen-bond acceptors (Lipinski definition) is 8. The zero-order valence-electron chi connectivity index (χ0n) is 14.1. The van der Waals surface area contributed by atoms with Crippen molar-refractivity contribution in [3.05, 3.63) is 11.3 Å². The lowest BCUT2D eigenvalue weighted by Gasteiger charge is -2.49. The summed E-state index contributed by atoms with van der Waals surface area (Å²) in [5, 5.41) is 11.1. The van der Waals surface area contributed by atoms with Crippen LogP contribution in [0.1, 0.15) is 13.8 Å². The highest BCUT2D eigenvalue weighted by atomic mass is 32.2. The first-order valence-electron chi connectivity index (χ1n) is 7.60. The van der Waals surface area contributed by atoms with Gasteiger partial charge in [-0.3, -0.25) is 19.3 Å². The van der Waals surface area contributed by atoms with E-state index in [1.54, 1.807) is 0 Å². The number of esters is 1. The molecule has 144 valence electrons. The highest BCUT2D eigenvalue weighted by Crippen LogP contribution is 2.40. The van der Waals surface area contributed by atoms with Crippen LogP contribution in [0.2, 0.25) is 0 Å². The monoisotopic (exact) mass is 406 g/mol. The van der Waals surface area contributed by atoms with Crippen LogP contribution in [0.3, 0.4) is 0 Å². The molecule has 2 amide bonds. The Morgan fingerprint density at radius 3 is 2.58 bits per heavy atom. The van der Waals surface area contributed by atoms with Crippen LogP contribution in [0.15, 0.2) is 11.3 Å². The molecule has 10 nitrogen and oxygen atoms in total. The van der Waals surface area contributed by atoms with Gasteiger partial charge in [-0.15, -0.1) is 11.8 Å². The van der Waals surface area contributed by atoms with Crippen molar-refractivity contribution in [3.8, 4) is 0 Å². The standard InChI is InChI=1S/C14H18N2O8S2/c1-3-26(22,23)6-9(18)15-10-12(19)16-11(14(20)21)8(4-24-7(2)17)5-25-13(10)16/h10,13H,3-6H2,1-2H3,(H,15,18)(H,20,21)/t10-,13-/m1/s1. The highest BCUT2D eigenvalue weighted by molar-refractivity contribution is 8.00. The number of amides is 2. The van der Waals surface area contributed by atoms with Gasteiger partial charge in [0.2, 0.25) is 5.91 Å². The van der Waals surface area contributed by atoms with Crippen molar-refractivity contribution in [2.45, 2.75) is 25.3 Å². The van der Waals surface area contributed by atoms with Gasteiger partial charge < -0.3 is 15.2 Å². The van der Waals surface area contributed by atoms with Gasteiger partial charge in [-0.2, -0.15) is 0 Å². The van der Waals surface area contributed by atoms with Crippen LogP contribution < -0.4 is 5.32 Å². The minimum absolute atomic E-state index is 0.197. The minimum Gasteiger partial charge on any atom is -0.477 e. The smallest absolute Gasteiger partial charge is 0.352 e. The summed E-state index contributed by atoms with van der Waals surface area (Å²) >= 11 is 1.20. The number of aliphatic carboxylic acids is 1. The zero-order valence-corrected chi connectivity index (χ0v) is 15.7. The molecule has 26 heavy (non-hydrogen) atoms. The molecule has 12 heteroatoms. The molecule has 0 aromatic rings. The molecule has 2 rings (SSSR count). The molecule has 0 radical (unpaired) electrons. The number of carboxylic acids is 1. The molecule has 2 N–H and O–H groups in total. The van der Waals surface area contributed by atoms with Gasteiger partial charge >= 0.3 is 11.9 Å². The maximum atomic E-state index is 12.3. The Bertz CT molecular complexity index is 789. The van der Waals surface area contributed by atoms with E-state index in [2.05, 4.69) is 5.32 Å². The third kappa shape index (κ3) is 4.18. The maximum absolute atomic E-state index is 12.3. The Morgan fingerprint density at radius 1 is 1.38 bits per heavy atom. The third-order valence-electron chi connectivity index (χ3n) is 3.81. The number of nitrogens with zero attached hydrogens (tertiary/aromatic N) is 1. The Kier molecular flexibility index (Phi) is 5.96. The molecule has 1 saturated heterocycles. The summed E-state index contributed by atoms with van der Waals surface area (Å²) in [5.41, 5.74) is 0.00677. The summed E-state index contributed by atoms with van der Waals surface area (Å²) in [6.45, 7) is 2.35. The van der Waals surface area contributed by atoms with E-state index in [4.69, 9.17) is 4.74 Å². The van der Waals surface area contributed by atoms with Crippen LogP contribution in [0.25, 0.3) is 0 Å². The number of nitrogens with one attached hydrogen (secondary N) is 1. The van der Waals surface area contributed by atoms with E-state index in [9.17, 15) is 32.7 Å². The molecule has 2 aliphatic rings. The summed E-state index contributed by atoms with van der Waals surface area (Å²) < 4.78 is 27.8. The SMILES string of the molecule is CCS(=O)(=O)CC(=O)N[C@@H]1C(=O)N2C(C(=O)O)=C(COC(C)=O)CS[C@H]12. The number of fused-ring (bicyclic) bond motifs is 1. The van der Waals surface area contributed by atoms with Crippen molar-refractivity contribution >= 4 is 45.4 Å². The first-order chi connectivity index (χ1) is 12.1. The fourth-order valence-corrected chi connectivity index (χ4v) is 4.51. The molecular formula is C14H18N2O8S2. The van der Waals surface area contributed by atoms with Crippen LogP contribution in [-0.4, -0.2) is 77.5 Å². The lowest BCUT2D eigenvalue weighted by atomic mass is 10.0. The van der Waals surface area contributed by atoms with E-state index in [1.807, 2.05) is 0 Å². The Hall–Kier alpha value is -2.08. The van der Waals surface area contributed by atoms with E-state index >= 15 is 0 Å². The van der Waals surface area contributed by atoms with Gasteiger partial charge in [-0.25, -0.2) is 13.2 Å². The van der Waals surface area contributed by atoms with E-state index in [0.29, 0.717) is 0 Å². The van der Waals surface area contributed by atoms with E-state index < -0.39 is 50.8 Å². The molecule has 0 spiro atoms. The van der Waals surface area contributed by atoms with Crippen LogP contribution in [-0.2, 0) is 33.8 Å². The second-order valence-corrected chi connectivity index (χ2v) is 9.13. The summed E-state index contributed by atoms with van der Waals surface area (Å²) in [5.74, 6) is -4.11. The van der Waals surface area contributed by atoms with Crippen molar-refractivity contribution < 1.29 is 37.4 Å². The highest BCUT2D eigenvalue weighted by Gasteiger charge is 2.54. The average molecular weight is 406 g/mol. The van der Waals surface area contributed by atoms with Crippen molar-refractivity contribution in [1.29, 1.82) is 0 Å². The fourth-order valence-electron chi connectivity index (χ4n) is 2.50. The van der Waals surface area contributed by atoms with Crippen molar-refractivity contribution in [1.82, 2.24) is 10.2 Å². The first-order valence-corrected chi connectivity index (χ1v) is 10.5. The summed E-state index contributed by atoms with van der Waals surface area (Å²) in [6.07, 6.45) is 0. The number of β-lactam (4-membered cyclic amide) rings is 1. The van der Waals surface area contributed by atoms with Gasteiger partial charge in [0.15, 0.2) is 9.84 Å². The first kappa shape index (κ1) is 20.2. The number of carbonyl (C=O) groups excluding carboxylic acids is 3. The molecule has 1 fully saturated rings. The Balaban J connectivity index is 2.12. The molecule has 2 atom stereocenters. The number of hydrogen-bond donors (Lipinski definition) is 2. The van der Waals surface area contributed by atoms with Crippen LogP contribution >= 0.6 is 11.8 Å². The van der Waals surface area contributed by atoms with Gasteiger partial charge in [0.1, 0.15) is 29.5 Å². The predicted molar refractivity (Wildman–Crippen MR) is 90.6 cm³/mol. The number of carboxylic acid groups (broad SMARTS) is 1. The van der Waals surface area contributed by atoms with Crippen molar-refractivity contribution in [2.75, 3.05) is 23.9 Å². The number of sulfone groups is 1. The molecule has 2 heterocycles. The van der Waals surface area contributed by atoms with E-state index in [-0.39, 0.29) is 29.4 Å². The predicted octanol–water partition coefficient (Wildman–Crippen LogP) is -1.28. The largest absolute Gasteiger partial charge is 0.477 e. The second-order valence-electron chi connectivity index (χ2n) is 5.67. The van der Waals surface area contributed by atoms with Gasteiger partial charge in [0.05, 0.1) is 0 Å². The Morgan fingerprint density at radius 2 is 2.04 bits per heavy atom. The lowest BCUT2D eigenvalue weighted by molar-refractivity contribution is -0.150. The van der Waals surface area contributed by atoms with E-state index in [0.717, 1.165) is 4.90 Å². The van der Waals surface area contributed by atoms with Crippen molar-refractivity contribution in [3.63, 3.8) is 0 Å². The third-order valence-corrected chi connectivity index (χ3v) is 6.73. The van der Waals surface area contributed by atoms with Crippen LogP contribution in [0.5, 0.6) is 0 Å². The lowest BCUT2D eigenvalue weighted by Crippen LogP contribution is -2.71. The fraction of sp³-hybridized carbons (Fsp3) is 0.571. The van der Waals surface area contributed by atoms with Crippen LogP contribution in [0, 0.1) is 0 Å². The molecule has 0 saturated carbocycles. The molecule has 0 unspecified atom stereocenters. The summed E-state index contributed by atoms with van der Waals surface area (Å²) in [6, 6.07) is -0.996. The number of thioether (sulfide) groups is 1. The number of carbonyl (C=O) groups is 4. The van der Waals surface area contributed by atoms with E-state index in [1.165, 1.54) is 25.6 Å². The maximum Gasteiger partial charge on any atom is 0.352 e. The average Bonchev–Trinajstić information content (AvgIpc) is 2.56. The molecule has 0 aromatic heterocycles. The summed E-state index contributed by atoms with van der Waals surface area (Å²) in [7, 11) is -3.54. The molecule has 0 aromatic carbocycles. The summed E-state index contributed by atoms with van der Waals surface area (Å²) in [4.78, 5) is 47.6. The molecular weight excluding hydrogens is 388 g/mol. The van der Waals surface area contributed by atoms with Crippen molar-refractivity contribution in [2.24, 2.45) is 0 Å².